The van der Waals surface area contributed by atoms with E-state index in [9.17, 15) is 20.2 Å². The smallest absolute Gasteiger partial charge is 0.303 e. The highest BCUT2D eigenvalue weighted by Gasteiger charge is 2.83. The Morgan fingerprint density at radius 2 is 1.76 bits per heavy atom. The topological polar surface area (TPSA) is 118 Å². The molecule has 2 heterocycles. The van der Waals surface area contributed by atoms with Crippen LogP contribution in [0.2, 0.25) is 0 Å². The Bertz CT molecular complexity index is 1260. The summed E-state index contributed by atoms with van der Waals surface area (Å²) in [6.45, 7) is 17.8. The van der Waals surface area contributed by atoms with E-state index in [1.54, 1.807) is 13.8 Å². The molecule has 4 saturated carbocycles. The van der Waals surface area contributed by atoms with Crippen LogP contribution in [0.5, 0.6) is 0 Å². The zero-order valence-corrected chi connectivity index (χ0v) is 28.7. The second-order valence-corrected chi connectivity index (χ2v) is 17.6. The molecule has 9 heteroatoms. The van der Waals surface area contributed by atoms with E-state index < -0.39 is 36.2 Å². The minimum Gasteiger partial charge on any atom is -0.488 e. The first-order valence-electron chi connectivity index (χ1n) is 17.6. The van der Waals surface area contributed by atoms with Crippen molar-refractivity contribution in [2.75, 3.05) is 19.7 Å². The number of rotatable bonds is 5. The minimum absolute atomic E-state index is 0.0189. The van der Waals surface area contributed by atoms with Crippen LogP contribution < -0.4 is 0 Å². The van der Waals surface area contributed by atoms with E-state index in [0.29, 0.717) is 43.7 Å². The number of fused-ring (bicyclic) bond motifs is 3. The largest absolute Gasteiger partial charge is 0.488 e. The first-order chi connectivity index (χ1) is 20.9. The van der Waals surface area contributed by atoms with Gasteiger partial charge in [-0.25, -0.2) is 0 Å². The lowest BCUT2D eigenvalue weighted by Crippen LogP contribution is -2.60. The van der Waals surface area contributed by atoms with Gasteiger partial charge in [-0.3, -0.25) is 4.79 Å². The van der Waals surface area contributed by atoms with Gasteiger partial charge in [0.25, 0.3) is 0 Å². The third kappa shape index (κ3) is 4.29. The van der Waals surface area contributed by atoms with Crippen LogP contribution in [0.3, 0.4) is 0 Å². The molecule has 0 bridgehead atoms. The van der Waals surface area contributed by atoms with Crippen LogP contribution in [0, 0.1) is 44.8 Å². The Kier molecular flexibility index (Phi) is 7.29. The van der Waals surface area contributed by atoms with E-state index >= 15 is 0 Å². The molecule has 1 saturated heterocycles. The predicted octanol–water partition coefficient (Wildman–Crippen LogP) is 5.20. The second kappa shape index (κ2) is 10.1. The number of aliphatic hydroxyl groups is 2. The van der Waals surface area contributed by atoms with Crippen LogP contribution in [0.4, 0.5) is 0 Å². The summed E-state index contributed by atoms with van der Waals surface area (Å²) < 4.78 is 24.9. The maximum absolute atomic E-state index is 12.4. The Balaban J connectivity index is 1.16. The van der Waals surface area contributed by atoms with Gasteiger partial charge in [-0.1, -0.05) is 34.6 Å². The standard InChI is InChI=1S/C36H57NO8/c1-20-17-22(30(32(5,6)40)43-21(2)38)44-28-27(20)33(7)13-14-36-19-35(36)12-11-25(45-26-18-37(41)15-16-42-26)31(3,4)23(35)9-10-24(36)34(33,8)29(28)39/h20,22-26,29-30,39-41H,9-19H2,1-8H3/t20-,22-,23+,24+,25+,26+,29+,30+,33-,34-,35-,36+/m1/s1. The number of hydrogen-bond donors (Lipinski definition) is 3. The summed E-state index contributed by atoms with van der Waals surface area (Å²) in [5, 5.41) is 34.8. The monoisotopic (exact) mass is 631 g/mol. The Morgan fingerprint density at radius 1 is 1.07 bits per heavy atom. The van der Waals surface area contributed by atoms with Gasteiger partial charge < -0.3 is 34.4 Å². The molecule has 45 heavy (non-hydrogen) atoms. The molecule has 3 N–H and O–H groups in total. The number of ether oxygens (including phenoxy) is 4. The van der Waals surface area contributed by atoms with Crippen LogP contribution in [0.1, 0.15) is 107 Å². The first-order valence-corrected chi connectivity index (χ1v) is 17.6. The van der Waals surface area contributed by atoms with Gasteiger partial charge in [0.2, 0.25) is 0 Å². The number of hydrogen-bond acceptors (Lipinski definition) is 9. The molecule has 0 amide bonds. The van der Waals surface area contributed by atoms with E-state index in [1.807, 2.05) is 0 Å². The first kappa shape index (κ1) is 32.3. The summed E-state index contributed by atoms with van der Waals surface area (Å²) in [6, 6.07) is 0. The Hall–Kier alpha value is -1.23. The molecule has 5 aliphatic carbocycles. The predicted molar refractivity (Wildman–Crippen MR) is 166 cm³/mol. The highest BCUT2D eigenvalue weighted by atomic mass is 16.7. The van der Waals surface area contributed by atoms with E-state index in [-0.39, 0.29) is 39.1 Å². The quantitative estimate of drug-likeness (QED) is 0.352. The van der Waals surface area contributed by atoms with Crippen LogP contribution >= 0.6 is 0 Å². The molecule has 254 valence electrons. The van der Waals surface area contributed by atoms with Crippen molar-refractivity contribution in [2.24, 2.45) is 44.8 Å². The van der Waals surface area contributed by atoms with Gasteiger partial charge in [0.05, 0.1) is 24.9 Å². The summed E-state index contributed by atoms with van der Waals surface area (Å²) in [5.41, 5.74) is -0.126. The lowest BCUT2D eigenvalue weighted by atomic mass is 9.41. The van der Waals surface area contributed by atoms with Crippen LogP contribution in [-0.4, -0.2) is 82.5 Å². The van der Waals surface area contributed by atoms with Gasteiger partial charge in [-0.05, 0) is 105 Å². The molecule has 0 aromatic heterocycles. The average molecular weight is 632 g/mol. The van der Waals surface area contributed by atoms with Crippen molar-refractivity contribution in [3.05, 3.63) is 11.3 Å². The molecule has 2 aliphatic heterocycles. The second-order valence-electron chi connectivity index (χ2n) is 17.6. The Labute approximate surface area is 268 Å². The summed E-state index contributed by atoms with van der Waals surface area (Å²) in [7, 11) is 0. The normalized spacial score (nSPS) is 49.4. The van der Waals surface area contributed by atoms with E-state index in [4.69, 9.17) is 18.9 Å². The summed E-state index contributed by atoms with van der Waals surface area (Å²) in [5.74, 6) is 1.30. The molecule has 12 atom stereocenters. The SMILES string of the molecule is CC(=O)O[C@@H]([C@H]1C[C@@H](C)C2=C(O1)[C@H](O)[C@@]1(C)[C@@H]3CC[C@H]4C(C)(C)[C@@H](O[C@H]5CN(O)CCO5)CC[C@@]45C[C@@]35CC[C@]21C)C(C)(C)O. The lowest BCUT2D eigenvalue weighted by molar-refractivity contribution is -0.278. The number of allylic oxidation sites excluding steroid dienone is 1. The third-order valence-electron chi connectivity index (χ3n) is 14.8. The van der Waals surface area contributed by atoms with Crippen molar-refractivity contribution >= 4 is 5.97 Å². The van der Waals surface area contributed by atoms with Gasteiger partial charge in [0.1, 0.15) is 18.0 Å². The highest BCUT2D eigenvalue weighted by molar-refractivity contribution is 5.66. The molecule has 9 nitrogen and oxygen atoms in total. The molecule has 7 aliphatic rings. The van der Waals surface area contributed by atoms with Gasteiger partial charge in [0.15, 0.2) is 12.4 Å². The minimum atomic E-state index is -1.28. The van der Waals surface area contributed by atoms with Crippen molar-refractivity contribution in [2.45, 2.75) is 143 Å². The van der Waals surface area contributed by atoms with Crippen molar-refractivity contribution in [3.63, 3.8) is 0 Å². The van der Waals surface area contributed by atoms with Crippen molar-refractivity contribution in [1.29, 1.82) is 0 Å². The number of aliphatic hydroxyl groups excluding tert-OH is 1. The maximum atomic E-state index is 12.4. The average Bonchev–Trinajstić information content (AvgIpc) is 3.57. The van der Waals surface area contributed by atoms with E-state index in [0.717, 1.165) is 32.1 Å². The van der Waals surface area contributed by atoms with Crippen LogP contribution in [0.15, 0.2) is 11.3 Å². The summed E-state index contributed by atoms with van der Waals surface area (Å²) >= 11 is 0. The number of morpholine rings is 1. The summed E-state index contributed by atoms with van der Waals surface area (Å²) in [4.78, 5) is 12.0. The fourth-order valence-electron chi connectivity index (χ4n) is 12.8. The van der Waals surface area contributed by atoms with Gasteiger partial charge >= 0.3 is 5.97 Å². The molecule has 7 rings (SSSR count). The zero-order valence-electron chi connectivity index (χ0n) is 28.7. The molecule has 0 aromatic rings. The number of nitrogens with zero attached hydrogens (tertiary/aromatic N) is 1. The van der Waals surface area contributed by atoms with E-state index in [1.165, 1.54) is 30.4 Å². The van der Waals surface area contributed by atoms with Gasteiger partial charge in [-0.15, -0.1) is 0 Å². The van der Waals surface area contributed by atoms with Crippen molar-refractivity contribution in [1.82, 2.24) is 5.06 Å². The fourth-order valence-corrected chi connectivity index (χ4v) is 12.8. The molecular formula is C36H57NO8. The third-order valence-corrected chi connectivity index (χ3v) is 14.8. The van der Waals surface area contributed by atoms with Crippen LogP contribution in [0.25, 0.3) is 0 Å². The molecule has 0 unspecified atom stereocenters. The number of esters is 1. The molecule has 0 aromatic carbocycles. The molecule has 5 fully saturated rings. The van der Waals surface area contributed by atoms with E-state index in [2.05, 4.69) is 34.6 Å². The highest BCUT2D eigenvalue weighted by Crippen LogP contribution is 2.89. The number of carbonyl (C=O) groups excluding carboxylic acids is 1. The maximum Gasteiger partial charge on any atom is 0.303 e. The number of carbonyl (C=O) groups is 1. The summed E-state index contributed by atoms with van der Waals surface area (Å²) in [6.07, 6.45) is 5.99. The molecule has 0 radical (unpaired) electrons. The van der Waals surface area contributed by atoms with Gasteiger partial charge in [0, 0.05) is 24.3 Å². The fraction of sp³-hybridized carbons (Fsp3) is 0.917. The zero-order chi connectivity index (χ0) is 32.5. The Morgan fingerprint density at radius 3 is 2.42 bits per heavy atom. The van der Waals surface area contributed by atoms with Gasteiger partial charge in [-0.2, -0.15) is 5.06 Å². The molecular weight excluding hydrogens is 574 g/mol. The molecule has 2 spiro atoms. The lowest BCUT2D eigenvalue weighted by Gasteiger charge is -2.63. The van der Waals surface area contributed by atoms with Crippen molar-refractivity contribution < 1.29 is 39.2 Å². The number of hydroxylamine groups is 2. The van der Waals surface area contributed by atoms with Crippen LogP contribution in [-0.2, 0) is 23.7 Å². The van der Waals surface area contributed by atoms with Crippen molar-refractivity contribution in [3.8, 4) is 0 Å².